The van der Waals surface area contributed by atoms with E-state index in [9.17, 15) is 8.42 Å². The largest absolute Gasteiger partial charge is 0.224 e. The van der Waals surface area contributed by atoms with E-state index in [0.717, 1.165) is 11.1 Å². The molecule has 0 aliphatic heterocycles. The van der Waals surface area contributed by atoms with E-state index >= 15 is 0 Å². The summed E-state index contributed by atoms with van der Waals surface area (Å²) in [7, 11) is -3.22. The third-order valence-electron chi connectivity index (χ3n) is 2.56. The summed E-state index contributed by atoms with van der Waals surface area (Å²) in [5.74, 6) is 0. The average Bonchev–Trinajstić information content (AvgIpc) is 2.29. The van der Waals surface area contributed by atoms with Crippen LogP contribution in [0.4, 0.5) is 0 Å². The van der Waals surface area contributed by atoms with Gasteiger partial charge in [-0.1, -0.05) is 42.0 Å². The van der Waals surface area contributed by atoms with E-state index in [0.29, 0.717) is 10.5 Å². The summed E-state index contributed by atoms with van der Waals surface area (Å²) in [4.78, 5) is 0.323. The van der Waals surface area contributed by atoms with Crippen molar-refractivity contribution < 1.29 is 8.42 Å². The second-order valence-electron chi connectivity index (χ2n) is 4.05. The monoisotopic (exact) mass is 245 g/mol. The molecule has 2 aromatic rings. The normalized spacial score (nSPS) is 11.4. The molecular weight excluding hydrogens is 232 g/mol. The number of benzene rings is 2. The van der Waals surface area contributed by atoms with E-state index < -0.39 is 9.84 Å². The summed E-state index contributed by atoms with van der Waals surface area (Å²) >= 11 is 0. The van der Waals surface area contributed by atoms with Crippen molar-refractivity contribution in [3.63, 3.8) is 0 Å². The highest BCUT2D eigenvalue weighted by molar-refractivity contribution is 7.90. The summed E-state index contributed by atoms with van der Waals surface area (Å²) in [6.07, 6.45) is 1.22. The minimum atomic E-state index is -3.22. The Morgan fingerprint density at radius 1 is 1.06 bits per heavy atom. The molecule has 2 rings (SSSR count). The molecule has 0 saturated carbocycles. The summed E-state index contributed by atoms with van der Waals surface area (Å²) in [6.45, 7) is 2.00. The lowest BCUT2D eigenvalue weighted by atomic mass is 10.0. The number of rotatable bonds is 2. The third-order valence-corrected chi connectivity index (χ3v) is 3.70. The minimum absolute atomic E-state index is 0.323. The molecule has 0 heterocycles. The molecule has 87 valence electrons. The van der Waals surface area contributed by atoms with Crippen LogP contribution in [0.2, 0.25) is 0 Å². The number of sulfone groups is 1. The molecule has 2 nitrogen and oxygen atoms in total. The zero-order valence-corrected chi connectivity index (χ0v) is 10.6. The second kappa shape index (κ2) is 4.34. The summed E-state index contributed by atoms with van der Waals surface area (Å²) < 4.78 is 23.3. The fourth-order valence-electron chi connectivity index (χ4n) is 1.68. The Labute approximate surface area is 102 Å². The van der Waals surface area contributed by atoms with Gasteiger partial charge < -0.3 is 0 Å². The molecule has 0 saturated heterocycles. The molecule has 0 unspecified atom stereocenters. The fraction of sp³-hybridized carbons (Fsp3) is 0.143. The number of aryl methyl sites for hydroxylation is 1. The van der Waals surface area contributed by atoms with Crippen molar-refractivity contribution in [2.75, 3.05) is 6.26 Å². The zero-order valence-electron chi connectivity index (χ0n) is 9.77. The van der Waals surface area contributed by atoms with Crippen LogP contribution in [0.1, 0.15) is 5.56 Å². The van der Waals surface area contributed by atoms with Crippen LogP contribution in [0.3, 0.4) is 0 Å². The minimum Gasteiger partial charge on any atom is -0.224 e. The van der Waals surface area contributed by atoms with Gasteiger partial charge in [-0.3, -0.25) is 0 Å². The van der Waals surface area contributed by atoms with E-state index in [1.165, 1.54) is 6.26 Å². The Hall–Kier alpha value is -1.61. The van der Waals surface area contributed by atoms with Crippen molar-refractivity contribution in [1.82, 2.24) is 0 Å². The van der Waals surface area contributed by atoms with Gasteiger partial charge in [0.25, 0.3) is 0 Å². The van der Waals surface area contributed by atoms with E-state index in [1.807, 2.05) is 31.2 Å². The summed E-state index contributed by atoms with van der Waals surface area (Å²) in [6, 6.07) is 15.8. The SMILES string of the molecule is Cc1ccc(-c2[c]cccc2S(C)(=O)=O)cc1. The van der Waals surface area contributed by atoms with Gasteiger partial charge in [-0.15, -0.1) is 0 Å². The van der Waals surface area contributed by atoms with Crippen LogP contribution in [0.5, 0.6) is 0 Å². The Kier molecular flexibility index (Phi) is 3.03. The molecule has 0 aliphatic rings. The molecule has 0 N–H and O–H groups in total. The summed E-state index contributed by atoms with van der Waals surface area (Å²) in [5, 5.41) is 0. The topological polar surface area (TPSA) is 34.1 Å². The molecule has 0 atom stereocenters. The molecule has 2 aromatic carbocycles. The van der Waals surface area contributed by atoms with Crippen molar-refractivity contribution in [1.29, 1.82) is 0 Å². The first-order valence-corrected chi connectivity index (χ1v) is 7.15. The van der Waals surface area contributed by atoms with Gasteiger partial charge in [0.2, 0.25) is 0 Å². The Balaban J connectivity index is 2.64. The van der Waals surface area contributed by atoms with Crippen LogP contribution >= 0.6 is 0 Å². The first kappa shape index (κ1) is 11.9. The van der Waals surface area contributed by atoms with E-state index in [1.54, 1.807) is 18.2 Å². The van der Waals surface area contributed by atoms with Gasteiger partial charge in [0, 0.05) is 11.8 Å². The lowest BCUT2D eigenvalue weighted by molar-refractivity contribution is 0.602. The van der Waals surface area contributed by atoms with E-state index in [-0.39, 0.29) is 0 Å². The quantitative estimate of drug-likeness (QED) is 0.815. The highest BCUT2D eigenvalue weighted by Gasteiger charge is 2.13. The molecule has 0 fully saturated rings. The molecule has 1 radical (unpaired) electrons. The third kappa shape index (κ3) is 2.56. The van der Waals surface area contributed by atoms with Crippen LogP contribution in [-0.4, -0.2) is 14.7 Å². The average molecular weight is 245 g/mol. The van der Waals surface area contributed by atoms with Crippen LogP contribution in [0.25, 0.3) is 11.1 Å². The molecule has 3 heteroatoms. The number of hydrogen-bond acceptors (Lipinski definition) is 2. The van der Waals surface area contributed by atoms with Crippen LogP contribution in [0.15, 0.2) is 47.4 Å². The highest BCUT2D eigenvalue weighted by Crippen LogP contribution is 2.26. The predicted molar refractivity (Wildman–Crippen MR) is 68.6 cm³/mol. The van der Waals surface area contributed by atoms with Gasteiger partial charge in [-0.2, -0.15) is 0 Å². The van der Waals surface area contributed by atoms with Gasteiger partial charge in [-0.25, -0.2) is 8.42 Å². The van der Waals surface area contributed by atoms with Crippen molar-refractivity contribution in [2.24, 2.45) is 0 Å². The maximum Gasteiger partial charge on any atom is 0.176 e. The maximum atomic E-state index is 11.7. The fourth-order valence-corrected chi connectivity index (χ4v) is 2.55. The molecule has 0 bridgehead atoms. The lowest BCUT2D eigenvalue weighted by Gasteiger charge is -2.07. The van der Waals surface area contributed by atoms with Crippen LogP contribution < -0.4 is 0 Å². The Morgan fingerprint density at radius 2 is 1.71 bits per heavy atom. The van der Waals surface area contributed by atoms with Crippen LogP contribution in [-0.2, 0) is 9.84 Å². The predicted octanol–water partition coefficient (Wildman–Crippen LogP) is 2.87. The molecule has 0 aliphatic carbocycles. The van der Waals surface area contributed by atoms with Crippen LogP contribution in [0, 0.1) is 13.0 Å². The standard InChI is InChI=1S/C14H13O2S/c1-11-7-9-12(10-8-11)13-5-3-4-6-14(13)17(2,15)16/h3-4,6-10H,1-2H3. The van der Waals surface area contributed by atoms with Gasteiger partial charge in [-0.05, 0) is 24.6 Å². The maximum absolute atomic E-state index is 11.7. The summed E-state index contributed by atoms with van der Waals surface area (Å²) in [5.41, 5.74) is 2.65. The number of hydrogen-bond donors (Lipinski definition) is 0. The highest BCUT2D eigenvalue weighted by atomic mass is 32.2. The second-order valence-corrected chi connectivity index (χ2v) is 6.03. The van der Waals surface area contributed by atoms with Crippen molar-refractivity contribution in [3.8, 4) is 11.1 Å². The van der Waals surface area contributed by atoms with E-state index in [4.69, 9.17) is 0 Å². The van der Waals surface area contributed by atoms with Crippen molar-refractivity contribution >= 4 is 9.84 Å². The molecule has 0 aromatic heterocycles. The van der Waals surface area contributed by atoms with Crippen molar-refractivity contribution in [2.45, 2.75) is 11.8 Å². The molecule has 0 amide bonds. The van der Waals surface area contributed by atoms with Gasteiger partial charge in [0.1, 0.15) is 0 Å². The zero-order chi connectivity index (χ0) is 12.5. The Morgan fingerprint density at radius 3 is 2.29 bits per heavy atom. The molecule has 17 heavy (non-hydrogen) atoms. The smallest absolute Gasteiger partial charge is 0.176 e. The van der Waals surface area contributed by atoms with Gasteiger partial charge in [0.05, 0.1) is 4.90 Å². The van der Waals surface area contributed by atoms with Crippen molar-refractivity contribution in [3.05, 3.63) is 54.1 Å². The molecule has 0 spiro atoms. The van der Waals surface area contributed by atoms with Gasteiger partial charge in [0.15, 0.2) is 9.84 Å². The lowest BCUT2D eigenvalue weighted by Crippen LogP contribution is -1.99. The first-order chi connectivity index (χ1) is 7.98. The Bertz CT molecular complexity index is 626. The van der Waals surface area contributed by atoms with E-state index in [2.05, 4.69) is 6.07 Å². The first-order valence-electron chi connectivity index (χ1n) is 5.26. The van der Waals surface area contributed by atoms with Gasteiger partial charge >= 0.3 is 0 Å². The molecular formula is C14H13O2S.